The largest absolute Gasteiger partial charge is 0.456 e. The number of hydrogen-bond acceptors (Lipinski definition) is 3. The van der Waals surface area contributed by atoms with Gasteiger partial charge in [0.2, 0.25) is 0 Å². The van der Waals surface area contributed by atoms with Crippen molar-refractivity contribution in [3.8, 4) is 51.0 Å². The van der Waals surface area contributed by atoms with Crippen molar-refractivity contribution in [3.63, 3.8) is 0 Å². The van der Waals surface area contributed by atoms with Crippen LogP contribution in [0.4, 0.5) is 0 Å². The maximum atomic E-state index is 6.23. The zero-order chi connectivity index (χ0) is 29.9. The summed E-state index contributed by atoms with van der Waals surface area (Å²) in [5.74, 6) is 2.31. The summed E-state index contributed by atoms with van der Waals surface area (Å²) in [4.78, 5) is 10.2. The molecule has 0 bridgehead atoms. The van der Waals surface area contributed by atoms with Crippen LogP contribution in [0.25, 0.3) is 72.2 Å². The first kappa shape index (κ1) is 24.7. The molecule has 0 N–H and O–H groups in total. The van der Waals surface area contributed by atoms with Gasteiger partial charge in [0.1, 0.15) is 11.5 Å². The summed E-state index contributed by atoms with van der Waals surface area (Å²) in [6.07, 6.45) is 0. The molecule has 0 spiro atoms. The van der Waals surface area contributed by atoms with Crippen molar-refractivity contribution in [2.75, 3.05) is 0 Å². The van der Waals surface area contributed by atoms with E-state index >= 15 is 0 Å². The molecule has 1 aliphatic carbocycles. The Morgan fingerprint density at radius 3 is 2.29 bits per heavy atom. The van der Waals surface area contributed by atoms with Crippen LogP contribution in [0.1, 0.15) is 25.0 Å². The number of rotatable bonds is 2. The molecule has 6 aromatic carbocycles. The molecule has 0 unspecified atom stereocenters. The second-order valence-corrected chi connectivity index (χ2v) is 12.6. The zero-order valence-electron chi connectivity index (χ0n) is 24.9. The summed E-state index contributed by atoms with van der Waals surface area (Å²) in [5.41, 5.74) is 12.6. The number of fused-ring (bicyclic) bond motifs is 8. The van der Waals surface area contributed by atoms with Crippen LogP contribution in [0.3, 0.4) is 0 Å². The first-order valence-corrected chi connectivity index (χ1v) is 15.4. The van der Waals surface area contributed by atoms with Gasteiger partial charge in [-0.05, 0) is 76.9 Å². The highest BCUT2D eigenvalue weighted by Crippen LogP contribution is 2.51. The van der Waals surface area contributed by atoms with E-state index in [2.05, 4.69) is 109 Å². The average Bonchev–Trinajstić information content (AvgIpc) is 3.52. The molecule has 212 valence electrons. The zero-order valence-corrected chi connectivity index (χ0v) is 24.9. The van der Waals surface area contributed by atoms with E-state index in [1.165, 1.54) is 44.1 Å². The molecule has 2 aliphatic rings. The van der Waals surface area contributed by atoms with E-state index in [1.54, 1.807) is 0 Å². The molecule has 10 rings (SSSR count). The molecular formula is C41H27N3O. The topological polar surface area (TPSA) is 39.9 Å². The van der Waals surface area contributed by atoms with Crippen molar-refractivity contribution in [1.29, 1.82) is 0 Å². The van der Waals surface area contributed by atoms with E-state index in [1.807, 2.05) is 36.4 Å². The molecule has 4 heteroatoms. The quantitative estimate of drug-likeness (QED) is 0.205. The molecule has 0 amide bonds. The highest BCUT2D eigenvalue weighted by molar-refractivity contribution is 6.11. The number of hydrogen-bond donors (Lipinski definition) is 0. The predicted molar refractivity (Wildman–Crippen MR) is 182 cm³/mol. The molecule has 0 saturated carbocycles. The third kappa shape index (κ3) is 3.31. The molecule has 0 fully saturated rings. The smallest absolute Gasteiger partial charge is 0.160 e. The number of ether oxygens (including phenoxy) is 1. The van der Waals surface area contributed by atoms with Gasteiger partial charge in [-0.2, -0.15) is 0 Å². The van der Waals surface area contributed by atoms with E-state index in [4.69, 9.17) is 14.7 Å². The van der Waals surface area contributed by atoms with Crippen LogP contribution in [0.5, 0.6) is 11.5 Å². The Balaban J connectivity index is 1.21. The molecule has 3 heterocycles. The van der Waals surface area contributed by atoms with Gasteiger partial charge in [0, 0.05) is 33.0 Å². The minimum Gasteiger partial charge on any atom is -0.456 e. The molecular weight excluding hydrogens is 550 g/mol. The Labute approximate surface area is 260 Å². The van der Waals surface area contributed by atoms with Crippen molar-refractivity contribution < 1.29 is 4.74 Å². The monoisotopic (exact) mass is 577 g/mol. The lowest BCUT2D eigenvalue weighted by atomic mass is 9.82. The van der Waals surface area contributed by atoms with E-state index in [-0.39, 0.29) is 5.41 Å². The summed E-state index contributed by atoms with van der Waals surface area (Å²) in [6.45, 7) is 4.68. The van der Waals surface area contributed by atoms with Crippen molar-refractivity contribution in [2.24, 2.45) is 0 Å². The molecule has 0 radical (unpaired) electrons. The van der Waals surface area contributed by atoms with Gasteiger partial charge in [0.15, 0.2) is 5.82 Å². The summed E-state index contributed by atoms with van der Waals surface area (Å²) in [6, 6.07) is 45.2. The molecule has 0 saturated heterocycles. The molecule has 0 atom stereocenters. The fourth-order valence-corrected chi connectivity index (χ4v) is 7.66. The Morgan fingerprint density at radius 1 is 0.578 bits per heavy atom. The van der Waals surface area contributed by atoms with Crippen LogP contribution in [0.2, 0.25) is 0 Å². The highest BCUT2D eigenvalue weighted by atomic mass is 16.5. The summed E-state index contributed by atoms with van der Waals surface area (Å²) in [5, 5.41) is 3.46. The fraction of sp³-hybridized carbons (Fsp3) is 0.0732. The Bertz CT molecular complexity index is 2560. The van der Waals surface area contributed by atoms with Crippen LogP contribution in [-0.2, 0) is 5.41 Å². The number of para-hydroxylation sites is 2. The number of aromatic nitrogens is 3. The molecule has 4 nitrogen and oxygen atoms in total. The summed E-state index contributed by atoms with van der Waals surface area (Å²) in [7, 11) is 0. The van der Waals surface area contributed by atoms with Gasteiger partial charge >= 0.3 is 0 Å². The van der Waals surface area contributed by atoms with E-state index < -0.39 is 0 Å². The Morgan fingerprint density at radius 2 is 1.36 bits per heavy atom. The first-order chi connectivity index (χ1) is 22.1. The second kappa shape index (κ2) is 8.67. The minimum absolute atomic E-state index is 0.0809. The van der Waals surface area contributed by atoms with Crippen molar-refractivity contribution in [2.45, 2.75) is 19.3 Å². The maximum absolute atomic E-state index is 6.23. The van der Waals surface area contributed by atoms with E-state index in [0.29, 0.717) is 5.82 Å². The van der Waals surface area contributed by atoms with Crippen LogP contribution in [0.15, 0.2) is 127 Å². The fourth-order valence-electron chi connectivity index (χ4n) is 7.66. The molecule has 1 aliphatic heterocycles. The van der Waals surface area contributed by atoms with E-state index in [0.717, 1.165) is 44.9 Å². The number of benzene rings is 6. The van der Waals surface area contributed by atoms with Crippen molar-refractivity contribution in [3.05, 3.63) is 139 Å². The molecule has 45 heavy (non-hydrogen) atoms. The first-order valence-electron chi connectivity index (χ1n) is 15.4. The summed E-state index contributed by atoms with van der Waals surface area (Å²) >= 11 is 0. The van der Waals surface area contributed by atoms with Crippen LogP contribution in [-0.4, -0.2) is 14.5 Å². The van der Waals surface area contributed by atoms with Gasteiger partial charge in [-0.15, -0.1) is 0 Å². The van der Waals surface area contributed by atoms with Gasteiger partial charge in [-0.3, -0.25) is 0 Å². The lowest BCUT2D eigenvalue weighted by molar-refractivity contribution is 0.486. The molecule has 8 aromatic rings. The lowest BCUT2D eigenvalue weighted by Gasteiger charge is -2.21. The third-order valence-electron chi connectivity index (χ3n) is 9.79. The van der Waals surface area contributed by atoms with Crippen LogP contribution in [0, 0.1) is 0 Å². The summed E-state index contributed by atoms with van der Waals surface area (Å²) < 4.78 is 8.63. The van der Waals surface area contributed by atoms with Gasteiger partial charge in [0.05, 0.1) is 27.6 Å². The average molecular weight is 578 g/mol. The normalized spacial score (nSPS) is 13.9. The SMILES string of the molecule is CC1(C)c2ccccc2-c2cc3c4ccccc4n(-c4cccc(-c5nc6c7c(cccc7n5)Oc5ccccc5-6)c4)c3cc21. The van der Waals surface area contributed by atoms with Gasteiger partial charge < -0.3 is 9.30 Å². The van der Waals surface area contributed by atoms with Gasteiger partial charge in [-0.25, -0.2) is 9.97 Å². The van der Waals surface area contributed by atoms with E-state index in [9.17, 15) is 0 Å². The minimum atomic E-state index is -0.0809. The highest BCUT2D eigenvalue weighted by Gasteiger charge is 2.36. The molecule has 2 aromatic heterocycles. The van der Waals surface area contributed by atoms with Gasteiger partial charge in [0.25, 0.3) is 0 Å². The Hall–Kier alpha value is -5.74. The standard InChI is InChI=1S/C41H27N3O/c1-41(2)31-16-6-3-13-26(31)29-22-30-27-14-4-7-18-34(27)44(35(30)23-32(29)41)25-12-9-11-24(21-25)40-42-33-17-10-20-37-38(33)39(43-40)28-15-5-8-19-36(28)45-37/h3-23H,1-2H3. The van der Waals surface area contributed by atoms with Gasteiger partial charge in [-0.1, -0.05) is 86.6 Å². The Kier molecular flexibility index (Phi) is 4.76. The lowest BCUT2D eigenvalue weighted by Crippen LogP contribution is -2.14. The van der Waals surface area contributed by atoms with Crippen LogP contribution >= 0.6 is 0 Å². The number of nitrogens with zero attached hydrogens (tertiary/aromatic N) is 3. The predicted octanol–water partition coefficient (Wildman–Crippen LogP) is 10.5. The third-order valence-corrected chi connectivity index (χ3v) is 9.79. The second-order valence-electron chi connectivity index (χ2n) is 12.6. The van der Waals surface area contributed by atoms with Crippen LogP contribution < -0.4 is 4.74 Å². The maximum Gasteiger partial charge on any atom is 0.160 e. The van der Waals surface area contributed by atoms with Crippen molar-refractivity contribution in [1.82, 2.24) is 14.5 Å². The van der Waals surface area contributed by atoms with Crippen molar-refractivity contribution >= 4 is 32.7 Å².